The topological polar surface area (TPSA) is 58.2 Å². The van der Waals surface area contributed by atoms with Gasteiger partial charge in [-0.3, -0.25) is 0 Å². The summed E-state index contributed by atoms with van der Waals surface area (Å²) in [7, 11) is -3.11. The number of hydrogen-bond donors (Lipinski definition) is 2. The summed E-state index contributed by atoms with van der Waals surface area (Å²) >= 11 is 0. The lowest BCUT2D eigenvalue weighted by atomic mass is 10.0. The molecule has 0 aliphatic heterocycles. The molecule has 2 N–H and O–H groups in total. The molecule has 0 bridgehead atoms. The Balaban J connectivity index is 3.77. The maximum atomic E-state index is 11.9. The molecule has 0 amide bonds. The van der Waals surface area contributed by atoms with Gasteiger partial charge in [0.05, 0.1) is 5.75 Å². The molecule has 5 heteroatoms. The van der Waals surface area contributed by atoms with Crippen LogP contribution in [0, 0.1) is 5.92 Å². The van der Waals surface area contributed by atoms with Crippen molar-refractivity contribution >= 4 is 10.0 Å². The van der Waals surface area contributed by atoms with Gasteiger partial charge < -0.3 is 5.32 Å². The summed E-state index contributed by atoms with van der Waals surface area (Å²) in [5.41, 5.74) is 0. The van der Waals surface area contributed by atoms with Crippen molar-refractivity contribution in [2.45, 2.75) is 78.8 Å². The van der Waals surface area contributed by atoms with Crippen LogP contribution in [0.1, 0.15) is 66.7 Å². The first kappa shape index (κ1) is 19.9. The zero-order chi connectivity index (χ0) is 15.6. The third kappa shape index (κ3) is 12.9. The average molecular weight is 307 g/mol. The average Bonchev–Trinajstić information content (AvgIpc) is 2.26. The SMILES string of the molecule is CC(C)CCCC(C)NS(=O)(=O)CCCCNC(C)C. The standard InChI is InChI=1S/C15H34N2O2S/c1-13(2)9-8-10-15(5)17-20(18,19)12-7-6-11-16-14(3)4/h13-17H,6-12H2,1-5H3. The summed E-state index contributed by atoms with van der Waals surface area (Å²) in [5, 5.41) is 3.30. The van der Waals surface area contributed by atoms with Crippen molar-refractivity contribution in [1.82, 2.24) is 10.0 Å². The largest absolute Gasteiger partial charge is 0.315 e. The first-order chi connectivity index (χ1) is 9.23. The van der Waals surface area contributed by atoms with Gasteiger partial charge >= 0.3 is 0 Å². The summed E-state index contributed by atoms with van der Waals surface area (Å²) in [5.74, 6) is 0.925. The van der Waals surface area contributed by atoms with E-state index in [0.29, 0.717) is 18.4 Å². The molecule has 4 nitrogen and oxygen atoms in total. The van der Waals surface area contributed by atoms with E-state index in [0.717, 1.165) is 32.2 Å². The molecule has 0 fully saturated rings. The second-order valence-electron chi connectivity index (χ2n) is 6.48. The van der Waals surface area contributed by atoms with Crippen molar-refractivity contribution in [3.05, 3.63) is 0 Å². The maximum Gasteiger partial charge on any atom is 0.211 e. The Morgan fingerprint density at radius 1 is 0.900 bits per heavy atom. The third-order valence-electron chi connectivity index (χ3n) is 3.19. The molecular formula is C15H34N2O2S. The Bertz CT molecular complexity index is 327. The summed E-state index contributed by atoms with van der Waals surface area (Å²) < 4.78 is 26.6. The fraction of sp³-hybridized carbons (Fsp3) is 1.00. The predicted octanol–water partition coefficient (Wildman–Crippen LogP) is 2.90. The Morgan fingerprint density at radius 2 is 1.55 bits per heavy atom. The van der Waals surface area contributed by atoms with Gasteiger partial charge in [-0.2, -0.15) is 0 Å². The number of sulfonamides is 1. The molecule has 0 aromatic carbocycles. The molecule has 0 aromatic rings. The minimum absolute atomic E-state index is 0.0486. The lowest BCUT2D eigenvalue weighted by molar-refractivity contribution is 0.487. The van der Waals surface area contributed by atoms with Crippen LogP contribution in [0.3, 0.4) is 0 Å². The van der Waals surface area contributed by atoms with Gasteiger partial charge in [-0.15, -0.1) is 0 Å². The van der Waals surface area contributed by atoms with Crippen molar-refractivity contribution in [3.8, 4) is 0 Å². The van der Waals surface area contributed by atoms with Gasteiger partial charge in [0.2, 0.25) is 10.0 Å². The van der Waals surface area contributed by atoms with Crippen molar-refractivity contribution in [2.75, 3.05) is 12.3 Å². The molecule has 0 aliphatic rings. The minimum atomic E-state index is -3.11. The van der Waals surface area contributed by atoms with Crippen LogP contribution in [-0.2, 0) is 10.0 Å². The van der Waals surface area contributed by atoms with E-state index in [1.54, 1.807) is 0 Å². The van der Waals surface area contributed by atoms with Crippen molar-refractivity contribution in [3.63, 3.8) is 0 Å². The second kappa shape index (κ2) is 10.6. The first-order valence-corrected chi connectivity index (χ1v) is 9.61. The molecule has 0 aromatic heterocycles. The molecule has 0 radical (unpaired) electrons. The Kier molecular flexibility index (Phi) is 10.5. The number of rotatable bonds is 12. The van der Waals surface area contributed by atoms with Gasteiger partial charge in [-0.05, 0) is 38.6 Å². The molecule has 0 saturated heterocycles. The highest BCUT2D eigenvalue weighted by Crippen LogP contribution is 2.09. The Labute approximate surface area is 126 Å². The fourth-order valence-corrected chi connectivity index (χ4v) is 3.50. The van der Waals surface area contributed by atoms with Gasteiger partial charge in [0, 0.05) is 12.1 Å². The molecule has 0 saturated carbocycles. The van der Waals surface area contributed by atoms with Crippen molar-refractivity contribution in [2.24, 2.45) is 5.92 Å². The zero-order valence-corrected chi connectivity index (χ0v) is 14.7. The van der Waals surface area contributed by atoms with E-state index in [2.05, 4.69) is 37.7 Å². The van der Waals surface area contributed by atoms with E-state index in [4.69, 9.17) is 0 Å². The Hall–Kier alpha value is -0.130. The predicted molar refractivity (Wildman–Crippen MR) is 87.4 cm³/mol. The number of nitrogens with one attached hydrogen (secondary N) is 2. The van der Waals surface area contributed by atoms with E-state index in [9.17, 15) is 8.42 Å². The van der Waals surface area contributed by atoms with Gasteiger partial charge in [0.25, 0.3) is 0 Å². The molecule has 20 heavy (non-hydrogen) atoms. The quantitative estimate of drug-likeness (QED) is 0.545. The van der Waals surface area contributed by atoms with Gasteiger partial charge in [-0.25, -0.2) is 13.1 Å². The van der Waals surface area contributed by atoms with Crippen LogP contribution >= 0.6 is 0 Å². The third-order valence-corrected chi connectivity index (χ3v) is 4.78. The first-order valence-electron chi connectivity index (χ1n) is 7.96. The lowest BCUT2D eigenvalue weighted by Gasteiger charge is -2.15. The van der Waals surface area contributed by atoms with E-state index in [-0.39, 0.29) is 11.8 Å². The maximum absolute atomic E-state index is 11.9. The van der Waals surface area contributed by atoms with Crippen LogP contribution in [0.25, 0.3) is 0 Å². The van der Waals surface area contributed by atoms with E-state index in [1.807, 2.05) is 6.92 Å². The summed E-state index contributed by atoms with van der Waals surface area (Å²) in [6, 6.07) is 0.512. The molecule has 0 rings (SSSR count). The van der Waals surface area contributed by atoms with Crippen LogP contribution in [0.5, 0.6) is 0 Å². The Morgan fingerprint density at radius 3 is 2.10 bits per heavy atom. The highest BCUT2D eigenvalue weighted by Gasteiger charge is 2.13. The summed E-state index contributed by atoms with van der Waals surface area (Å²) in [6.07, 6.45) is 4.79. The van der Waals surface area contributed by atoms with Gasteiger partial charge in [0.15, 0.2) is 0 Å². The monoisotopic (exact) mass is 306 g/mol. The molecule has 122 valence electrons. The molecule has 1 unspecified atom stereocenters. The molecule has 0 spiro atoms. The summed E-state index contributed by atoms with van der Waals surface area (Å²) in [6.45, 7) is 11.4. The molecule has 0 heterocycles. The number of hydrogen-bond acceptors (Lipinski definition) is 3. The van der Waals surface area contributed by atoms with Crippen molar-refractivity contribution < 1.29 is 8.42 Å². The van der Waals surface area contributed by atoms with E-state index in [1.165, 1.54) is 0 Å². The van der Waals surface area contributed by atoms with Crippen LogP contribution in [0.15, 0.2) is 0 Å². The second-order valence-corrected chi connectivity index (χ2v) is 8.35. The van der Waals surface area contributed by atoms with Crippen molar-refractivity contribution in [1.29, 1.82) is 0 Å². The van der Waals surface area contributed by atoms with E-state index >= 15 is 0 Å². The van der Waals surface area contributed by atoms with Crippen LogP contribution < -0.4 is 10.0 Å². The van der Waals surface area contributed by atoms with Crippen LogP contribution in [-0.4, -0.2) is 32.8 Å². The van der Waals surface area contributed by atoms with Crippen LogP contribution in [0.2, 0.25) is 0 Å². The smallest absolute Gasteiger partial charge is 0.211 e. The molecular weight excluding hydrogens is 272 g/mol. The number of unbranched alkanes of at least 4 members (excludes halogenated alkanes) is 1. The minimum Gasteiger partial charge on any atom is -0.315 e. The van der Waals surface area contributed by atoms with Gasteiger partial charge in [-0.1, -0.05) is 40.5 Å². The van der Waals surface area contributed by atoms with E-state index < -0.39 is 10.0 Å². The lowest BCUT2D eigenvalue weighted by Crippen LogP contribution is -2.34. The normalized spacial score (nSPS) is 14.2. The summed E-state index contributed by atoms with van der Waals surface area (Å²) in [4.78, 5) is 0. The highest BCUT2D eigenvalue weighted by molar-refractivity contribution is 7.89. The zero-order valence-electron chi connectivity index (χ0n) is 13.9. The van der Waals surface area contributed by atoms with Gasteiger partial charge in [0.1, 0.15) is 0 Å². The molecule has 1 atom stereocenters. The fourth-order valence-electron chi connectivity index (χ4n) is 2.06. The highest BCUT2D eigenvalue weighted by atomic mass is 32.2. The van der Waals surface area contributed by atoms with Crippen LogP contribution in [0.4, 0.5) is 0 Å². The molecule has 0 aliphatic carbocycles.